The number of carbonyl (C=O) groups is 2. The van der Waals surface area contributed by atoms with Crippen LogP contribution in [0.4, 0.5) is 10.3 Å². The number of hydrogen-bond donors (Lipinski definition) is 2. The fraction of sp³-hybridized carbons (Fsp3) is 0.353. The van der Waals surface area contributed by atoms with Gasteiger partial charge in [-0.05, 0) is 23.1 Å². The number of hydrogen-bond acceptors (Lipinski definition) is 10. The monoisotopic (exact) mass is 449 g/mol. The highest BCUT2D eigenvalue weighted by Gasteiger charge is 2.10. The molecule has 0 unspecified atom stereocenters. The molecule has 0 bridgehead atoms. The van der Waals surface area contributed by atoms with Crippen LogP contribution < -0.4 is 10.6 Å². The predicted octanol–water partition coefficient (Wildman–Crippen LogP) is 2.44. The minimum atomic E-state index is -0.147. The number of nitrogens with zero attached hydrogens (tertiary/aromatic N) is 5. The van der Waals surface area contributed by atoms with Gasteiger partial charge >= 0.3 is 0 Å². The molecule has 0 aliphatic rings. The molecule has 0 aliphatic heterocycles. The number of pyridine rings is 1. The number of rotatable bonds is 10. The molecule has 3 heterocycles. The molecule has 0 spiro atoms. The van der Waals surface area contributed by atoms with E-state index in [-0.39, 0.29) is 18.2 Å². The number of aromatic nitrogens is 5. The van der Waals surface area contributed by atoms with Gasteiger partial charge < -0.3 is 10.6 Å². The Kier molecular flexibility index (Phi) is 8.02. The van der Waals surface area contributed by atoms with Crippen LogP contribution in [0, 0.1) is 0 Å². The van der Waals surface area contributed by atoms with E-state index in [9.17, 15) is 9.59 Å². The van der Waals surface area contributed by atoms with Gasteiger partial charge in [-0.2, -0.15) is 11.8 Å². The third-order valence-corrected chi connectivity index (χ3v) is 6.25. The van der Waals surface area contributed by atoms with Crippen molar-refractivity contribution in [3.05, 3.63) is 40.1 Å². The normalized spacial score (nSPS) is 10.7. The van der Waals surface area contributed by atoms with E-state index in [1.807, 2.05) is 6.07 Å². The molecule has 0 aliphatic carbocycles. The first kappa shape index (κ1) is 21.3. The highest BCUT2D eigenvalue weighted by atomic mass is 32.2. The van der Waals surface area contributed by atoms with Gasteiger partial charge in [0.1, 0.15) is 10.0 Å². The van der Waals surface area contributed by atoms with Gasteiger partial charge in [0.2, 0.25) is 22.1 Å². The molecule has 152 valence electrons. The van der Waals surface area contributed by atoms with E-state index in [4.69, 9.17) is 0 Å². The van der Waals surface area contributed by atoms with E-state index < -0.39 is 0 Å². The minimum absolute atomic E-state index is 0.134. The number of amides is 2. The number of carbonyl (C=O) groups excluding carboxylic acids is 2. The smallest absolute Gasteiger partial charge is 0.230 e. The molecule has 2 N–H and O–H groups in total. The Hall–Kier alpha value is -2.44. The minimum Gasteiger partial charge on any atom is -0.301 e. The van der Waals surface area contributed by atoms with Crippen molar-refractivity contribution in [3.63, 3.8) is 0 Å². The number of thioether (sulfide) groups is 1. The Labute approximate surface area is 179 Å². The second-order valence-corrected chi connectivity index (χ2v) is 9.23. The molecule has 0 atom stereocenters. The van der Waals surface area contributed by atoms with E-state index in [2.05, 4.69) is 36.0 Å². The second-order valence-electron chi connectivity index (χ2n) is 5.88. The van der Waals surface area contributed by atoms with Crippen LogP contribution in [-0.2, 0) is 28.9 Å². The summed E-state index contributed by atoms with van der Waals surface area (Å²) in [5, 5.41) is 24.4. The first-order valence-electron chi connectivity index (χ1n) is 8.77. The van der Waals surface area contributed by atoms with Crippen molar-refractivity contribution in [2.24, 2.45) is 0 Å². The van der Waals surface area contributed by atoms with Gasteiger partial charge in [-0.1, -0.05) is 28.7 Å². The van der Waals surface area contributed by atoms with E-state index >= 15 is 0 Å². The molecular formula is C17H19N7O2S3. The third kappa shape index (κ3) is 7.48. The zero-order chi connectivity index (χ0) is 20.5. The molecule has 2 amide bonds. The van der Waals surface area contributed by atoms with Gasteiger partial charge in [-0.15, -0.1) is 20.4 Å². The molecule has 3 aromatic rings. The zero-order valence-electron chi connectivity index (χ0n) is 15.6. The fourth-order valence-corrected chi connectivity index (χ4v) is 4.91. The molecule has 9 nitrogen and oxygen atoms in total. The van der Waals surface area contributed by atoms with Crippen LogP contribution in [-0.4, -0.2) is 48.7 Å². The topological polar surface area (TPSA) is 123 Å². The number of aryl methyl sites for hydroxylation is 2. The van der Waals surface area contributed by atoms with E-state index in [0.717, 1.165) is 39.9 Å². The van der Waals surface area contributed by atoms with Crippen LogP contribution in [0.25, 0.3) is 0 Å². The summed E-state index contributed by atoms with van der Waals surface area (Å²) in [6, 6.07) is 3.66. The van der Waals surface area contributed by atoms with Crippen molar-refractivity contribution in [2.45, 2.75) is 26.2 Å². The van der Waals surface area contributed by atoms with Gasteiger partial charge in [0.25, 0.3) is 0 Å². The zero-order valence-corrected chi connectivity index (χ0v) is 18.1. The first-order chi connectivity index (χ1) is 14.1. The van der Waals surface area contributed by atoms with Crippen molar-refractivity contribution < 1.29 is 9.59 Å². The first-order valence-corrected chi connectivity index (χ1v) is 11.6. The molecule has 3 aromatic heterocycles. The number of nitrogens with one attached hydrogen (secondary N) is 2. The molecule has 0 saturated carbocycles. The maximum atomic E-state index is 12.0. The molecule has 3 rings (SSSR count). The molecule has 12 heteroatoms. The standard InChI is InChI=1S/C17H19N7O2S3/c1-11(25)19-16-23-21-14(28-16)4-7-27-8-5-15-22-24-17(29-15)20-13(26)9-12-3-2-6-18-10-12/h2-3,6,10H,4-5,7-9H2,1H3,(H,19,23,25)(H,20,24,26). The molecule has 0 fully saturated rings. The summed E-state index contributed by atoms with van der Waals surface area (Å²) in [7, 11) is 0. The van der Waals surface area contributed by atoms with Gasteiger partial charge in [-0.3, -0.25) is 14.6 Å². The van der Waals surface area contributed by atoms with Gasteiger partial charge in [0.15, 0.2) is 0 Å². The van der Waals surface area contributed by atoms with Crippen molar-refractivity contribution in [1.29, 1.82) is 0 Å². The summed E-state index contributed by atoms with van der Waals surface area (Å²) in [4.78, 5) is 27.0. The van der Waals surface area contributed by atoms with Crippen LogP contribution in [0.5, 0.6) is 0 Å². The lowest BCUT2D eigenvalue weighted by molar-refractivity contribution is -0.116. The third-order valence-electron chi connectivity index (χ3n) is 3.47. The van der Waals surface area contributed by atoms with E-state index in [0.29, 0.717) is 10.3 Å². The van der Waals surface area contributed by atoms with E-state index in [1.165, 1.54) is 29.6 Å². The second kappa shape index (κ2) is 10.9. The summed E-state index contributed by atoms with van der Waals surface area (Å²) >= 11 is 4.57. The number of anilines is 2. The maximum Gasteiger partial charge on any atom is 0.230 e. The fourth-order valence-electron chi connectivity index (χ4n) is 2.23. The Balaban J connectivity index is 1.33. The highest BCUT2D eigenvalue weighted by molar-refractivity contribution is 7.99. The molecular weight excluding hydrogens is 430 g/mol. The van der Waals surface area contributed by atoms with Crippen molar-refractivity contribution in [1.82, 2.24) is 25.4 Å². The predicted molar refractivity (Wildman–Crippen MR) is 115 cm³/mol. The lowest BCUT2D eigenvalue weighted by Crippen LogP contribution is -2.14. The summed E-state index contributed by atoms with van der Waals surface area (Å²) in [6.45, 7) is 1.45. The lowest BCUT2D eigenvalue weighted by atomic mass is 10.2. The van der Waals surface area contributed by atoms with Gasteiger partial charge in [0, 0.05) is 32.2 Å². The summed E-state index contributed by atoms with van der Waals surface area (Å²) < 4.78 is 0. The maximum absolute atomic E-state index is 12.0. The molecule has 0 radical (unpaired) electrons. The summed E-state index contributed by atoms with van der Waals surface area (Å²) in [5.74, 6) is 1.52. The van der Waals surface area contributed by atoms with Crippen LogP contribution in [0.1, 0.15) is 22.5 Å². The molecule has 29 heavy (non-hydrogen) atoms. The van der Waals surface area contributed by atoms with Crippen LogP contribution in [0.15, 0.2) is 24.5 Å². The highest BCUT2D eigenvalue weighted by Crippen LogP contribution is 2.19. The molecule has 0 aromatic carbocycles. The largest absolute Gasteiger partial charge is 0.301 e. The van der Waals surface area contributed by atoms with Crippen LogP contribution in [0.3, 0.4) is 0 Å². The summed E-state index contributed by atoms with van der Waals surface area (Å²) in [5.41, 5.74) is 0.853. The van der Waals surface area contributed by atoms with Gasteiger partial charge in [0.05, 0.1) is 6.42 Å². The van der Waals surface area contributed by atoms with Crippen molar-refractivity contribution in [2.75, 3.05) is 22.1 Å². The summed E-state index contributed by atoms with van der Waals surface area (Å²) in [6.07, 6.45) is 5.19. The Morgan fingerprint density at radius 1 is 1.00 bits per heavy atom. The SMILES string of the molecule is CC(=O)Nc1nnc(CCSCCc2nnc(NC(=O)Cc3cccnc3)s2)s1. The van der Waals surface area contributed by atoms with E-state index in [1.54, 1.807) is 30.2 Å². The Bertz CT molecular complexity index is 945. The average molecular weight is 450 g/mol. The lowest BCUT2D eigenvalue weighted by Gasteiger charge is -2.00. The Morgan fingerprint density at radius 2 is 1.66 bits per heavy atom. The van der Waals surface area contributed by atoms with Crippen LogP contribution >= 0.6 is 34.4 Å². The quantitative estimate of drug-likeness (QED) is 0.453. The Morgan fingerprint density at radius 3 is 2.24 bits per heavy atom. The van der Waals surface area contributed by atoms with Gasteiger partial charge in [-0.25, -0.2) is 0 Å². The average Bonchev–Trinajstić information content (AvgIpc) is 3.31. The molecule has 0 saturated heterocycles. The van der Waals surface area contributed by atoms with Crippen LogP contribution in [0.2, 0.25) is 0 Å². The van der Waals surface area contributed by atoms with Crippen molar-refractivity contribution in [3.8, 4) is 0 Å². The van der Waals surface area contributed by atoms with Crippen molar-refractivity contribution >= 4 is 56.5 Å².